The van der Waals surface area contributed by atoms with Crippen molar-refractivity contribution in [1.29, 1.82) is 0 Å². The molecule has 0 radical (unpaired) electrons. The first kappa shape index (κ1) is 14.6. The molecule has 0 amide bonds. The van der Waals surface area contributed by atoms with E-state index in [4.69, 9.17) is 4.74 Å². The van der Waals surface area contributed by atoms with E-state index in [9.17, 15) is 9.90 Å². The molecule has 3 nitrogen and oxygen atoms in total. The second-order valence-corrected chi connectivity index (χ2v) is 6.18. The first-order valence-corrected chi connectivity index (χ1v) is 7.07. The van der Waals surface area contributed by atoms with E-state index in [1.54, 1.807) is 0 Å². The molecule has 1 heterocycles. The number of hydrogen-bond acceptors (Lipinski definition) is 2. The minimum absolute atomic E-state index is 0.0557. The summed E-state index contributed by atoms with van der Waals surface area (Å²) in [6.45, 7) is 8.90. The number of carboxylic acids is 1. The largest absolute Gasteiger partial charge is 0.493 e. The van der Waals surface area contributed by atoms with E-state index in [-0.39, 0.29) is 5.41 Å². The molecule has 0 bridgehead atoms. The molecule has 20 heavy (non-hydrogen) atoms. The van der Waals surface area contributed by atoms with Gasteiger partial charge in [0, 0.05) is 17.6 Å². The lowest BCUT2D eigenvalue weighted by atomic mass is 9.84. The van der Waals surface area contributed by atoms with Gasteiger partial charge in [0.15, 0.2) is 0 Å². The molecule has 0 saturated carbocycles. The van der Waals surface area contributed by atoms with Gasteiger partial charge in [-0.1, -0.05) is 39.8 Å². The maximum absolute atomic E-state index is 11.4. The van der Waals surface area contributed by atoms with Gasteiger partial charge in [-0.15, -0.1) is 0 Å². The molecular weight excluding hydrogens is 252 g/mol. The highest BCUT2D eigenvalue weighted by molar-refractivity contribution is 5.97. The smallest absolute Gasteiger partial charge is 0.331 e. The number of hydrogen-bond donors (Lipinski definition) is 1. The van der Waals surface area contributed by atoms with Crippen LogP contribution in [0, 0.1) is 0 Å². The van der Waals surface area contributed by atoms with Crippen molar-refractivity contribution in [3.8, 4) is 5.75 Å². The molecule has 0 aromatic heterocycles. The summed E-state index contributed by atoms with van der Waals surface area (Å²) in [5, 5.41) is 9.34. The van der Waals surface area contributed by atoms with Gasteiger partial charge in [0.25, 0.3) is 0 Å². The topological polar surface area (TPSA) is 46.5 Å². The maximum Gasteiger partial charge on any atom is 0.331 e. The molecule has 1 aromatic rings. The molecule has 0 unspecified atom stereocenters. The Morgan fingerprint density at radius 3 is 2.60 bits per heavy atom. The maximum atomic E-state index is 11.4. The summed E-state index contributed by atoms with van der Waals surface area (Å²) in [7, 11) is 0. The molecule has 1 aliphatic rings. The molecule has 2 rings (SSSR count). The lowest BCUT2D eigenvalue weighted by molar-refractivity contribution is -0.132. The van der Waals surface area contributed by atoms with Gasteiger partial charge < -0.3 is 9.84 Å². The van der Waals surface area contributed by atoms with E-state index >= 15 is 0 Å². The van der Waals surface area contributed by atoms with E-state index in [0.717, 1.165) is 16.9 Å². The van der Waals surface area contributed by atoms with Crippen molar-refractivity contribution in [2.45, 2.75) is 46.0 Å². The number of carboxylic acid groups (broad SMARTS) is 1. The third-order valence-corrected chi connectivity index (χ3v) is 3.76. The number of fused-ring (bicyclic) bond motifs is 1. The summed E-state index contributed by atoms with van der Waals surface area (Å²) in [4.78, 5) is 11.4. The van der Waals surface area contributed by atoms with Crippen molar-refractivity contribution in [2.75, 3.05) is 6.61 Å². The average Bonchev–Trinajstić information content (AvgIpc) is 2.37. The van der Waals surface area contributed by atoms with Gasteiger partial charge in [0.2, 0.25) is 0 Å². The fourth-order valence-electron chi connectivity index (χ4n) is 2.56. The van der Waals surface area contributed by atoms with Crippen LogP contribution in [0.15, 0.2) is 23.8 Å². The van der Waals surface area contributed by atoms with Gasteiger partial charge in [-0.05, 0) is 29.0 Å². The Kier molecular flexibility index (Phi) is 3.89. The summed E-state index contributed by atoms with van der Waals surface area (Å²) >= 11 is 0. The quantitative estimate of drug-likeness (QED) is 0.829. The molecule has 108 valence electrons. The molecular formula is C17H22O3. The fraction of sp³-hybridized carbons (Fsp3) is 0.471. The fourth-order valence-corrected chi connectivity index (χ4v) is 2.56. The number of rotatable bonds is 2. The van der Waals surface area contributed by atoms with Crippen molar-refractivity contribution in [3.05, 3.63) is 34.9 Å². The number of benzene rings is 1. The van der Waals surface area contributed by atoms with Crippen LogP contribution >= 0.6 is 0 Å². The Bertz CT molecular complexity index is 562. The van der Waals surface area contributed by atoms with Crippen LogP contribution in [0.1, 0.15) is 51.7 Å². The summed E-state index contributed by atoms with van der Waals surface area (Å²) in [6.07, 6.45) is 1.20. The third-order valence-electron chi connectivity index (χ3n) is 3.76. The lowest BCUT2D eigenvalue weighted by Crippen LogP contribution is -2.15. The van der Waals surface area contributed by atoms with Crippen molar-refractivity contribution >= 4 is 11.5 Å². The lowest BCUT2D eigenvalue weighted by Gasteiger charge is -2.26. The van der Waals surface area contributed by atoms with Crippen molar-refractivity contribution in [1.82, 2.24) is 0 Å². The van der Waals surface area contributed by atoms with Gasteiger partial charge in [-0.2, -0.15) is 0 Å². The predicted molar refractivity (Wildman–Crippen MR) is 80.1 cm³/mol. The summed E-state index contributed by atoms with van der Waals surface area (Å²) < 4.78 is 5.74. The third kappa shape index (κ3) is 2.72. The van der Waals surface area contributed by atoms with Crippen molar-refractivity contribution in [3.63, 3.8) is 0 Å². The summed E-state index contributed by atoms with van der Waals surface area (Å²) in [5.41, 5.74) is 3.61. The van der Waals surface area contributed by atoms with Gasteiger partial charge in [-0.25, -0.2) is 4.79 Å². The second-order valence-electron chi connectivity index (χ2n) is 6.18. The summed E-state index contributed by atoms with van der Waals surface area (Å²) in [6, 6.07) is 6.12. The normalized spacial score (nSPS) is 17.2. The van der Waals surface area contributed by atoms with Crippen LogP contribution in [0.4, 0.5) is 0 Å². The first-order valence-electron chi connectivity index (χ1n) is 7.07. The van der Waals surface area contributed by atoms with Crippen LogP contribution in [-0.2, 0) is 10.2 Å². The SMILES string of the molecule is CCC(C(=O)O)=C1CCOc2cc(C(C)(C)C)ccc21. The van der Waals surface area contributed by atoms with Crippen LogP contribution in [0.2, 0.25) is 0 Å². The Morgan fingerprint density at radius 1 is 1.35 bits per heavy atom. The molecule has 3 heteroatoms. The standard InChI is InChI=1S/C17H22O3/c1-5-12(16(18)19)13-8-9-20-15-10-11(17(2,3)4)6-7-14(13)15/h6-7,10H,5,8-9H2,1-4H3,(H,18,19). The van der Waals surface area contributed by atoms with Gasteiger partial charge in [-0.3, -0.25) is 0 Å². The van der Waals surface area contributed by atoms with Crippen molar-refractivity contribution in [2.24, 2.45) is 0 Å². The number of aliphatic carboxylic acids is 1. The van der Waals surface area contributed by atoms with Crippen molar-refractivity contribution < 1.29 is 14.6 Å². The highest BCUT2D eigenvalue weighted by Crippen LogP contribution is 2.38. The zero-order valence-electron chi connectivity index (χ0n) is 12.6. The monoisotopic (exact) mass is 274 g/mol. The van der Waals surface area contributed by atoms with Crippen LogP contribution in [0.3, 0.4) is 0 Å². The van der Waals surface area contributed by atoms with Crippen LogP contribution in [-0.4, -0.2) is 17.7 Å². The Hall–Kier alpha value is -1.77. The van der Waals surface area contributed by atoms with Gasteiger partial charge in [0.1, 0.15) is 5.75 Å². The van der Waals surface area contributed by atoms with Crippen LogP contribution in [0.5, 0.6) is 5.75 Å². The molecule has 1 N–H and O–H groups in total. The highest BCUT2D eigenvalue weighted by Gasteiger charge is 2.23. The van der Waals surface area contributed by atoms with E-state index in [1.807, 2.05) is 19.1 Å². The molecule has 0 fully saturated rings. The first-order chi connectivity index (χ1) is 9.34. The molecule has 0 saturated heterocycles. The zero-order chi connectivity index (χ0) is 14.9. The van der Waals surface area contributed by atoms with E-state index in [1.165, 1.54) is 5.56 Å². The Labute approximate surface area is 120 Å². The summed E-state index contributed by atoms with van der Waals surface area (Å²) in [5.74, 6) is -0.0128. The average molecular weight is 274 g/mol. The molecule has 0 atom stereocenters. The number of ether oxygens (including phenoxy) is 1. The molecule has 1 aliphatic heterocycles. The Balaban J connectivity index is 2.56. The van der Waals surface area contributed by atoms with Crippen LogP contribution < -0.4 is 4.74 Å². The minimum Gasteiger partial charge on any atom is -0.493 e. The second kappa shape index (κ2) is 5.31. The molecule has 0 aliphatic carbocycles. The molecule has 0 spiro atoms. The predicted octanol–water partition coefficient (Wildman–Crippen LogP) is 4.01. The van der Waals surface area contributed by atoms with E-state index < -0.39 is 5.97 Å². The molecule has 1 aromatic carbocycles. The Morgan fingerprint density at radius 2 is 2.05 bits per heavy atom. The highest BCUT2D eigenvalue weighted by atomic mass is 16.5. The minimum atomic E-state index is -0.824. The number of carbonyl (C=O) groups is 1. The van der Waals surface area contributed by atoms with Gasteiger partial charge >= 0.3 is 5.97 Å². The van der Waals surface area contributed by atoms with E-state index in [0.29, 0.717) is 25.0 Å². The van der Waals surface area contributed by atoms with E-state index in [2.05, 4.69) is 26.8 Å². The zero-order valence-corrected chi connectivity index (χ0v) is 12.6. The van der Waals surface area contributed by atoms with Gasteiger partial charge in [0.05, 0.1) is 6.61 Å². The van der Waals surface area contributed by atoms with Crippen LogP contribution in [0.25, 0.3) is 5.57 Å².